The van der Waals surface area contributed by atoms with Crippen LogP contribution in [0.2, 0.25) is 0 Å². The minimum absolute atomic E-state index is 0.0767. The van der Waals surface area contributed by atoms with Crippen molar-refractivity contribution in [1.82, 2.24) is 0 Å². The van der Waals surface area contributed by atoms with Gasteiger partial charge >= 0.3 is 5.97 Å². The quantitative estimate of drug-likeness (QED) is 0.367. The lowest BCUT2D eigenvalue weighted by Gasteiger charge is -2.15. The molecule has 2 aromatic rings. The highest BCUT2D eigenvalue weighted by molar-refractivity contribution is 7.91. The van der Waals surface area contributed by atoms with Crippen LogP contribution in [0.15, 0.2) is 58.3 Å². The van der Waals surface area contributed by atoms with E-state index in [1.165, 1.54) is 31.2 Å². The lowest BCUT2D eigenvalue weighted by molar-refractivity contribution is -0.146. The molecule has 2 aromatic carbocycles. The second-order valence-electron chi connectivity index (χ2n) is 6.97. The number of alkyl halides is 1. The molecule has 6 nitrogen and oxygen atoms in total. The highest BCUT2D eigenvalue weighted by atomic mass is 35.5. The van der Waals surface area contributed by atoms with Gasteiger partial charge in [-0.3, -0.25) is 4.79 Å². The van der Waals surface area contributed by atoms with E-state index in [4.69, 9.17) is 25.8 Å². The molecule has 0 bridgehead atoms. The Morgan fingerprint density at radius 2 is 1.40 bits per heavy atom. The topological polar surface area (TPSA) is 78.9 Å². The first-order chi connectivity index (χ1) is 14.3. The number of carbonyl (C=O) groups excluding carboxylic acids is 1. The number of sulfone groups is 1. The van der Waals surface area contributed by atoms with Crippen molar-refractivity contribution >= 4 is 27.4 Å². The maximum Gasteiger partial charge on any atom is 0.303 e. The lowest BCUT2D eigenvalue weighted by atomic mass is 10.1. The van der Waals surface area contributed by atoms with Gasteiger partial charge in [-0.05, 0) is 54.4 Å². The molecule has 2 atom stereocenters. The number of halogens is 1. The fraction of sp³-hybridized carbons (Fsp3) is 0.409. The predicted molar refractivity (Wildman–Crippen MR) is 115 cm³/mol. The van der Waals surface area contributed by atoms with Crippen molar-refractivity contribution in [3.8, 4) is 11.5 Å². The molecule has 0 aliphatic carbocycles. The van der Waals surface area contributed by atoms with Crippen molar-refractivity contribution in [2.24, 2.45) is 5.92 Å². The Morgan fingerprint density at radius 3 is 1.80 bits per heavy atom. The van der Waals surface area contributed by atoms with Crippen molar-refractivity contribution in [3.05, 3.63) is 48.5 Å². The van der Waals surface area contributed by atoms with E-state index in [1.54, 1.807) is 24.3 Å². The highest BCUT2D eigenvalue weighted by Gasteiger charge is 2.18. The largest absolute Gasteiger partial charge is 0.493 e. The molecular formula is C22H27ClO6S. The Hall–Kier alpha value is -2.25. The molecule has 8 heteroatoms. The molecule has 164 valence electrons. The summed E-state index contributed by atoms with van der Waals surface area (Å²) >= 11 is 5.74. The van der Waals surface area contributed by atoms with Crippen molar-refractivity contribution in [2.75, 3.05) is 19.1 Å². The fourth-order valence-electron chi connectivity index (χ4n) is 2.46. The van der Waals surface area contributed by atoms with E-state index in [9.17, 15) is 13.2 Å². The Kier molecular flexibility index (Phi) is 8.99. The summed E-state index contributed by atoms with van der Waals surface area (Å²) in [6.07, 6.45) is 0.441. The monoisotopic (exact) mass is 454 g/mol. The zero-order valence-electron chi connectivity index (χ0n) is 17.3. The van der Waals surface area contributed by atoms with Crippen LogP contribution in [0.4, 0.5) is 0 Å². The van der Waals surface area contributed by atoms with Crippen LogP contribution in [0.1, 0.15) is 27.2 Å². The van der Waals surface area contributed by atoms with Crippen LogP contribution in [-0.4, -0.2) is 39.6 Å². The first kappa shape index (κ1) is 24.0. The molecule has 0 unspecified atom stereocenters. The van der Waals surface area contributed by atoms with Gasteiger partial charge in [0.25, 0.3) is 0 Å². The molecule has 0 saturated carbocycles. The molecule has 0 aliphatic rings. The van der Waals surface area contributed by atoms with Crippen molar-refractivity contribution < 1.29 is 27.4 Å². The van der Waals surface area contributed by atoms with Gasteiger partial charge in [-0.25, -0.2) is 8.42 Å². The summed E-state index contributed by atoms with van der Waals surface area (Å²) in [5, 5.41) is 0. The van der Waals surface area contributed by atoms with Gasteiger partial charge in [-0.2, -0.15) is 0 Å². The SMILES string of the molecule is CC[C@H](C)COc1ccc(S(=O)(=O)c2ccc(OC[C@@H](CCl)OC(C)=O)cc2)cc1. The van der Waals surface area contributed by atoms with E-state index in [0.717, 1.165) is 6.42 Å². The molecule has 0 amide bonds. The van der Waals surface area contributed by atoms with Gasteiger partial charge in [0.1, 0.15) is 24.2 Å². The van der Waals surface area contributed by atoms with E-state index in [2.05, 4.69) is 13.8 Å². The number of hydrogen-bond acceptors (Lipinski definition) is 6. The number of carbonyl (C=O) groups is 1. The summed E-state index contributed by atoms with van der Waals surface area (Å²) in [7, 11) is -3.66. The van der Waals surface area contributed by atoms with E-state index in [1.807, 2.05) is 0 Å². The van der Waals surface area contributed by atoms with Crippen LogP contribution in [0.3, 0.4) is 0 Å². The lowest BCUT2D eigenvalue weighted by Crippen LogP contribution is -2.25. The maximum absolute atomic E-state index is 12.8. The minimum Gasteiger partial charge on any atom is -0.493 e. The Labute approximate surface area is 183 Å². The van der Waals surface area contributed by atoms with E-state index in [0.29, 0.717) is 24.0 Å². The van der Waals surface area contributed by atoms with Crippen molar-refractivity contribution in [3.63, 3.8) is 0 Å². The number of benzene rings is 2. The first-order valence-electron chi connectivity index (χ1n) is 9.70. The fourth-order valence-corrected chi connectivity index (χ4v) is 3.87. The molecule has 0 heterocycles. The summed E-state index contributed by atoms with van der Waals surface area (Å²) in [4.78, 5) is 11.3. The minimum atomic E-state index is -3.66. The van der Waals surface area contributed by atoms with Crippen LogP contribution >= 0.6 is 11.6 Å². The van der Waals surface area contributed by atoms with Gasteiger partial charge in [0.2, 0.25) is 9.84 Å². The summed E-state index contributed by atoms with van der Waals surface area (Å²) in [5.41, 5.74) is 0. The maximum atomic E-state index is 12.8. The molecule has 30 heavy (non-hydrogen) atoms. The Morgan fingerprint density at radius 1 is 0.933 bits per heavy atom. The van der Waals surface area contributed by atoms with E-state index in [-0.39, 0.29) is 22.3 Å². The predicted octanol–water partition coefficient (Wildman–Crippen LogP) is 4.49. The number of ether oxygens (including phenoxy) is 3. The average Bonchev–Trinajstić information content (AvgIpc) is 2.75. The summed E-state index contributed by atoms with van der Waals surface area (Å²) in [5.74, 6) is 1.18. The second-order valence-corrected chi connectivity index (χ2v) is 9.23. The number of esters is 1. The van der Waals surface area contributed by atoms with Crippen LogP contribution in [0, 0.1) is 5.92 Å². The van der Waals surface area contributed by atoms with Gasteiger partial charge in [-0.1, -0.05) is 20.3 Å². The highest BCUT2D eigenvalue weighted by Crippen LogP contribution is 2.25. The van der Waals surface area contributed by atoms with Crippen molar-refractivity contribution in [2.45, 2.75) is 43.1 Å². The second kappa shape index (κ2) is 11.2. The Bertz CT molecular complexity index is 910. The molecule has 2 rings (SSSR count). The number of rotatable bonds is 11. The molecule has 0 radical (unpaired) electrons. The molecule has 0 N–H and O–H groups in total. The molecule has 0 aromatic heterocycles. The first-order valence-corrected chi connectivity index (χ1v) is 11.7. The van der Waals surface area contributed by atoms with Crippen LogP contribution in [0.5, 0.6) is 11.5 Å². The van der Waals surface area contributed by atoms with Gasteiger partial charge < -0.3 is 14.2 Å². The third kappa shape index (κ3) is 6.92. The van der Waals surface area contributed by atoms with E-state index < -0.39 is 21.9 Å². The number of hydrogen-bond donors (Lipinski definition) is 0. The third-order valence-electron chi connectivity index (χ3n) is 4.44. The van der Waals surface area contributed by atoms with E-state index >= 15 is 0 Å². The Balaban J connectivity index is 2.03. The average molecular weight is 455 g/mol. The molecule has 0 aliphatic heterocycles. The van der Waals surface area contributed by atoms with Crippen LogP contribution in [-0.2, 0) is 19.4 Å². The molecule has 0 saturated heterocycles. The van der Waals surface area contributed by atoms with Crippen molar-refractivity contribution in [1.29, 1.82) is 0 Å². The summed E-state index contributed by atoms with van der Waals surface area (Å²) < 4.78 is 41.9. The normalized spacial score (nSPS) is 13.3. The zero-order valence-corrected chi connectivity index (χ0v) is 18.9. The smallest absolute Gasteiger partial charge is 0.303 e. The molecular weight excluding hydrogens is 428 g/mol. The third-order valence-corrected chi connectivity index (χ3v) is 6.57. The van der Waals surface area contributed by atoms with Gasteiger partial charge in [-0.15, -0.1) is 11.6 Å². The van der Waals surface area contributed by atoms with Crippen LogP contribution in [0.25, 0.3) is 0 Å². The van der Waals surface area contributed by atoms with Gasteiger partial charge in [0, 0.05) is 6.92 Å². The van der Waals surface area contributed by atoms with Crippen LogP contribution < -0.4 is 9.47 Å². The molecule has 0 fully saturated rings. The van der Waals surface area contributed by atoms with Gasteiger partial charge in [0.05, 0.1) is 22.3 Å². The summed E-state index contributed by atoms with van der Waals surface area (Å²) in [6.45, 7) is 6.15. The standard InChI is InChI=1S/C22H27ClO6S/c1-4-16(2)14-27-18-5-9-21(10-6-18)30(25,26)22-11-7-19(8-12-22)28-15-20(13-23)29-17(3)24/h5-12,16,20H,4,13-15H2,1-3H3/t16-,20+/m0/s1. The molecule has 0 spiro atoms. The van der Waals surface area contributed by atoms with Gasteiger partial charge in [0.15, 0.2) is 0 Å². The zero-order chi connectivity index (χ0) is 22.1. The summed E-state index contributed by atoms with van der Waals surface area (Å²) in [6, 6.07) is 12.4.